The van der Waals surface area contributed by atoms with Crippen molar-refractivity contribution < 1.29 is 5.11 Å². The molecular formula is C19H29NO. The molecule has 3 N–H and O–H groups in total. The topological polar surface area (TPSA) is 46.2 Å². The van der Waals surface area contributed by atoms with Crippen molar-refractivity contribution in [1.82, 2.24) is 0 Å². The lowest BCUT2D eigenvalue weighted by Gasteiger charge is -2.43. The highest BCUT2D eigenvalue weighted by atomic mass is 16.3. The summed E-state index contributed by atoms with van der Waals surface area (Å²) in [5.74, 6) is 0.664. The van der Waals surface area contributed by atoms with Crippen molar-refractivity contribution in [3.63, 3.8) is 0 Å². The SMILES string of the molecule is CC1CCC(CN)(C(C)(O)c2ccc3c(c2)CCCC3)C1. The summed E-state index contributed by atoms with van der Waals surface area (Å²) < 4.78 is 0. The number of benzene rings is 1. The first kappa shape index (κ1) is 15.1. The standard InChI is InChI=1S/C19H29NO/c1-14-9-10-19(12-14,13-20)18(2,21)17-8-7-15-5-3-4-6-16(15)11-17/h7-8,11,14,21H,3-6,9-10,12-13,20H2,1-2H3. The molecule has 116 valence electrons. The average molecular weight is 287 g/mol. The van der Waals surface area contributed by atoms with Gasteiger partial charge in [-0.2, -0.15) is 0 Å². The summed E-state index contributed by atoms with van der Waals surface area (Å²) in [4.78, 5) is 0. The van der Waals surface area contributed by atoms with Gasteiger partial charge in [0.15, 0.2) is 0 Å². The van der Waals surface area contributed by atoms with Gasteiger partial charge in [-0.15, -0.1) is 0 Å². The molecule has 3 rings (SSSR count). The third-order valence-electron chi connectivity index (χ3n) is 6.19. The van der Waals surface area contributed by atoms with Gasteiger partial charge in [-0.05, 0) is 74.5 Å². The van der Waals surface area contributed by atoms with Crippen LogP contribution in [0.3, 0.4) is 0 Å². The second-order valence-corrected chi connectivity index (χ2v) is 7.60. The minimum absolute atomic E-state index is 0.157. The number of fused-ring (bicyclic) bond motifs is 1. The first-order chi connectivity index (χ1) is 9.98. The smallest absolute Gasteiger partial charge is 0.0936 e. The van der Waals surface area contributed by atoms with Gasteiger partial charge in [-0.3, -0.25) is 0 Å². The first-order valence-corrected chi connectivity index (χ1v) is 8.53. The molecule has 2 heteroatoms. The molecule has 0 aromatic heterocycles. The fraction of sp³-hybridized carbons (Fsp3) is 0.684. The second-order valence-electron chi connectivity index (χ2n) is 7.60. The minimum atomic E-state index is -0.820. The van der Waals surface area contributed by atoms with Gasteiger partial charge in [0.1, 0.15) is 0 Å². The van der Waals surface area contributed by atoms with Gasteiger partial charge in [0.2, 0.25) is 0 Å². The van der Waals surface area contributed by atoms with E-state index in [2.05, 4.69) is 25.1 Å². The Morgan fingerprint density at radius 1 is 1.29 bits per heavy atom. The Bertz CT molecular complexity index is 522. The minimum Gasteiger partial charge on any atom is -0.385 e. The Morgan fingerprint density at radius 2 is 2.00 bits per heavy atom. The maximum absolute atomic E-state index is 11.4. The molecule has 0 spiro atoms. The summed E-state index contributed by atoms with van der Waals surface area (Å²) in [7, 11) is 0. The molecule has 21 heavy (non-hydrogen) atoms. The van der Waals surface area contributed by atoms with E-state index in [0.29, 0.717) is 12.5 Å². The van der Waals surface area contributed by atoms with Gasteiger partial charge >= 0.3 is 0 Å². The van der Waals surface area contributed by atoms with Crippen LogP contribution in [-0.4, -0.2) is 11.7 Å². The summed E-state index contributed by atoms with van der Waals surface area (Å²) >= 11 is 0. The third kappa shape index (κ3) is 2.43. The van der Waals surface area contributed by atoms with E-state index in [4.69, 9.17) is 5.73 Å². The zero-order valence-electron chi connectivity index (χ0n) is 13.5. The molecule has 0 saturated heterocycles. The van der Waals surface area contributed by atoms with Crippen molar-refractivity contribution >= 4 is 0 Å². The summed E-state index contributed by atoms with van der Waals surface area (Å²) in [5, 5.41) is 11.4. The van der Waals surface area contributed by atoms with Crippen molar-refractivity contribution in [2.45, 2.75) is 64.4 Å². The highest BCUT2D eigenvalue weighted by Gasteiger charge is 2.50. The maximum Gasteiger partial charge on any atom is 0.0936 e. The first-order valence-electron chi connectivity index (χ1n) is 8.53. The molecule has 0 heterocycles. The number of hydrogen-bond donors (Lipinski definition) is 2. The van der Waals surface area contributed by atoms with E-state index in [1.807, 2.05) is 6.92 Å². The van der Waals surface area contributed by atoms with Gasteiger partial charge in [0, 0.05) is 12.0 Å². The highest BCUT2D eigenvalue weighted by molar-refractivity contribution is 5.37. The molecule has 1 saturated carbocycles. The van der Waals surface area contributed by atoms with Gasteiger partial charge in [0.25, 0.3) is 0 Å². The van der Waals surface area contributed by atoms with Crippen LogP contribution in [0.4, 0.5) is 0 Å². The van der Waals surface area contributed by atoms with E-state index in [-0.39, 0.29) is 5.41 Å². The number of hydrogen-bond acceptors (Lipinski definition) is 2. The lowest BCUT2D eigenvalue weighted by molar-refractivity contribution is -0.0712. The molecule has 2 nitrogen and oxygen atoms in total. The Labute approximate surface area is 128 Å². The third-order valence-corrected chi connectivity index (χ3v) is 6.19. The van der Waals surface area contributed by atoms with Gasteiger partial charge in [-0.1, -0.05) is 25.1 Å². The zero-order chi connectivity index (χ0) is 15.1. The van der Waals surface area contributed by atoms with Crippen LogP contribution in [0.5, 0.6) is 0 Å². The van der Waals surface area contributed by atoms with Crippen molar-refractivity contribution in [3.05, 3.63) is 34.9 Å². The van der Waals surface area contributed by atoms with Crippen LogP contribution in [0.15, 0.2) is 18.2 Å². The summed E-state index contributed by atoms with van der Waals surface area (Å²) in [6, 6.07) is 6.64. The summed E-state index contributed by atoms with van der Waals surface area (Å²) in [5.41, 5.74) is 9.14. The Kier molecular flexibility index (Phi) is 3.87. The average Bonchev–Trinajstić information content (AvgIpc) is 2.90. The Hall–Kier alpha value is -0.860. The van der Waals surface area contributed by atoms with Crippen molar-refractivity contribution in [2.75, 3.05) is 6.54 Å². The molecule has 0 bridgehead atoms. The van der Waals surface area contributed by atoms with Crippen molar-refractivity contribution in [2.24, 2.45) is 17.1 Å². The summed E-state index contributed by atoms with van der Waals surface area (Å²) in [6.07, 6.45) is 8.17. The number of aliphatic hydroxyl groups is 1. The lowest BCUT2D eigenvalue weighted by atomic mass is 9.67. The van der Waals surface area contributed by atoms with Crippen LogP contribution in [-0.2, 0) is 18.4 Å². The molecule has 2 aliphatic carbocycles. The molecule has 0 aliphatic heterocycles. The molecule has 1 aromatic carbocycles. The summed E-state index contributed by atoms with van der Waals surface area (Å²) in [6.45, 7) is 4.84. The second kappa shape index (κ2) is 5.40. The fourth-order valence-corrected chi connectivity index (χ4v) is 4.56. The predicted molar refractivity (Wildman–Crippen MR) is 87.2 cm³/mol. The van der Waals surface area contributed by atoms with Crippen molar-refractivity contribution in [1.29, 1.82) is 0 Å². The van der Waals surface area contributed by atoms with Crippen LogP contribution in [0.1, 0.15) is 62.6 Å². The molecule has 1 fully saturated rings. The van der Waals surface area contributed by atoms with E-state index in [1.165, 1.54) is 36.8 Å². The van der Waals surface area contributed by atoms with E-state index < -0.39 is 5.60 Å². The monoisotopic (exact) mass is 287 g/mol. The molecule has 3 unspecified atom stereocenters. The van der Waals surface area contributed by atoms with Crippen LogP contribution in [0, 0.1) is 11.3 Å². The molecule has 2 aliphatic rings. The van der Waals surface area contributed by atoms with Gasteiger partial charge in [0.05, 0.1) is 5.60 Å². The lowest BCUT2D eigenvalue weighted by Crippen LogP contribution is -2.47. The largest absolute Gasteiger partial charge is 0.385 e. The van der Waals surface area contributed by atoms with Crippen LogP contribution in [0.2, 0.25) is 0 Å². The zero-order valence-corrected chi connectivity index (χ0v) is 13.5. The van der Waals surface area contributed by atoms with Gasteiger partial charge < -0.3 is 10.8 Å². The van der Waals surface area contributed by atoms with Crippen LogP contribution in [0.25, 0.3) is 0 Å². The van der Waals surface area contributed by atoms with Crippen LogP contribution >= 0.6 is 0 Å². The molecule has 0 amide bonds. The molecule has 3 atom stereocenters. The van der Waals surface area contributed by atoms with E-state index in [9.17, 15) is 5.11 Å². The maximum atomic E-state index is 11.4. The van der Waals surface area contributed by atoms with Gasteiger partial charge in [-0.25, -0.2) is 0 Å². The Morgan fingerprint density at radius 3 is 2.62 bits per heavy atom. The molecule has 0 radical (unpaired) electrons. The number of nitrogens with two attached hydrogens (primary N) is 1. The van der Waals surface area contributed by atoms with E-state index in [1.54, 1.807) is 0 Å². The number of aryl methyl sites for hydroxylation is 2. The normalized spacial score (nSPS) is 31.7. The number of rotatable bonds is 3. The van der Waals surface area contributed by atoms with E-state index in [0.717, 1.165) is 24.8 Å². The quantitative estimate of drug-likeness (QED) is 0.893. The predicted octanol–water partition coefficient (Wildman–Crippen LogP) is 3.54. The van der Waals surface area contributed by atoms with Crippen molar-refractivity contribution in [3.8, 4) is 0 Å². The fourth-order valence-electron chi connectivity index (χ4n) is 4.56. The highest BCUT2D eigenvalue weighted by Crippen LogP contribution is 2.52. The van der Waals surface area contributed by atoms with Crippen LogP contribution < -0.4 is 5.73 Å². The Balaban J connectivity index is 1.97. The van der Waals surface area contributed by atoms with E-state index >= 15 is 0 Å². The molecule has 1 aromatic rings. The molecular weight excluding hydrogens is 258 g/mol.